The molecule has 0 bridgehead atoms. The lowest BCUT2D eigenvalue weighted by atomic mass is 10.3. The van der Waals surface area contributed by atoms with Crippen LogP contribution in [0.1, 0.15) is 6.42 Å². The smallest absolute Gasteiger partial charge is 0.238 e. The predicted molar refractivity (Wildman–Crippen MR) is 76.4 cm³/mol. The number of hydrogen-bond acceptors (Lipinski definition) is 3. The zero-order chi connectivity index (χ0) is 12.3. The van der Waals surface area contributed by atoms with Crippen LogP contribution in [0, 0.1) is 0 Å². The highest BCUT2D eigenvalue weighted by Crippen LogP contribution is 2.15. The molecule has 1 aromatic carbocycles. The highest BCUT2D eigenvalue weighted by molar-refractivity contribution is 6.30. The van der Waals surface area contributed by atoms with Gasteiger partial charge in [-0.2, -0.15) is 0 Å². The Morgan fingerprint density at radius 2 is 2.33 bits per heavy atom. The third-order valence-corrected chi connectivity index (χ3v) is 3.02. The molecule has 1 fully saturated rings. The van der Waals surface area contributed by atoms with Crippen LogP contribution in [0.3, 0.4) is 0 Å². The molecule has 1 amide bonds. The first-order valence-electron chi connectivity index (χ1n) is 5.67. The summed E-state index contributed by atoms with van der Waals surface area (Å²) in [6.07, 6.45) is 0.963. The number of amides is 1. The Bertz CT molecular complexity index is 414. The number of carbonyl (C=O) groups excluding carboxylic acids is 1. The number of hydrogen-bond donors (Lipinski definition) is 2. The van der Waals surface area contributed by atoms with Crippen molar-refractivity contribution in [1.29, 1.82) is 0 Å². The van der Waals surface area contributed by atoms with Gasteiger partial charge in [0.15, 0.2) is 0 Å². The SMILES string of the molecule is Cl.N[C@@H]1CCN(CC(=O)Nc2cccc(Cl)c2)C1. The van der Waals surface area contributed by atoms with Crippen molar-refractivity contribution in [2.75, 3.05) is 25.0 Å². The maximum absolute atomic E-state index is 11.7. The molecule has 100 valence electrons. The monoisotopic (exact) mass is 289 g/mol. The second kappa shape index (κ2) is 6.95. The lowest BCUT2D eigenvalue weighted by Gasteiger charge is -2.14. The minimum Gasteiger partial charge on any atom is -0.326 e. The van der Waals surface area contributed by atoms with Crippen LogP contribution >= 0.6 is 24.0 Å². The average Bonchev–Trinajstić information content (AvgIpc) is 2.63. The van der Waals surface area contributed by atoms with Crippen molar-refractivity contribution in [1.82, 2.24) is 4.90 Å². The molecule has 0 spiro atoms. The summed E-state index contributed by atoms with van der Waals surface area (Å²) in [7, 11) is 0. The second-order valence-electron chi connectivity index (χ2n) is 4.34. The maximum atomic E-state index is 11.7. The zero-order valence-corrected chi connectivity index (χ0v) is 11.5. The topological polar surface area (TPSA) is 58.4 Å². The molecular formula is C12H17Cl2N3O. The van der Waals surface area contributed by atoms with Crippen LogP contribution in [0.5, 0.6) is 0 Å². The fourth-order valence-electron chi connectivity index (χ4n) is 1.98. The Hall–Kier alpha value is -0.810. The number of anilines is 1. The van der Waals surface area contributed by atoms with Crippen molar-refractivity contribution >= 4 is 35.6 Å². The van der Waals surface area contributed by atoms with Gasteiger partial charge in [0.25, 0.3) is 0 Å². The van der Waals surface area contributed by atoms with Gasteiger partial charge in [0.05, 0.1) is 6.54 Å². The summed E-state index contributed by atoms with van der Waals surface area (Å²) in [5, 5.41) is 3.44. The van der Waals surface area contributed by atoms with E-state index in [1.54, 1.807) is 12.1 Å². The molecule has 0 aromatic heterocycles. The van der Waals surface area contributed by atoms with E-state index in [9.17, 15) is 4.79 Å². The van der Waals surface area contributed by atoms with E-state index >= 15 is 0 Å². The molecule has 1 heterocycles. The Morgan fingerprint density at radius 1 is 1.56 bits per heavy atom. The van der Waals surface area contributed by atoms with Crippen molar-refractivity contribution in [3.8, 4) is 0 Å². The van der Waals surface area contributed by atoms with E-state index in [0.717, 1.165) is 25.2 Å². The second-order valence-corrected chi connectivity index (χ2v) is 4.78. The molecule has 6 heteroatoms. The van der Waals surface area contributed by atoms with Crippen molar-refractivity contribution in [2.45, 2.75) is 12.5 Å². The highest BCUT2D eigenvalue weighted by Gasteiger charge is 2.20. The zero-order valence-electron chi connectivity index (χ0n) is 9.93. The van der Waals surface area contributed by atoms with E-state index in [1.165, 1.54) is 0 Å². The van der Waals surface area contributed by atoms with E-state index < -0.39 is 0 Å². The molecule has 1 aromatic rings. The number of nitrogens with one attached hydrogen (secondary N) is 1. The normalized spacial score (nSPS) is 19.3. The van der Waals surface area contributed by atoms with Crippen molar-refractivity contribution in [2.24, 2.45) is 5.73 Å². The van der Waals surface area contributed by atoms with Gasteiger partial charge in [0, 0.05) is 29.8 Å². The molecule has 4 nitrogen and oxygen atoms in total. The molecule has 1 aliphatic heterocycles. The van der Waals surface area contributed by atoms with E-state index in [0.29, 0.717) is 11.6 Å². The lowest BCUT2D eigenvalue weighted by Crippen LogP contribution is -2.33. The standard InChI is InChI=1S/C12H16ClN3O.ClH/c13-9-2-1-3-11(6-9)15-12(17)8-16-5-4-10(14)7-16;/h1-3,6,10H,4-5,7-8,14H2,(H,15,17);1H/t10-;/m1./s1. The number of nitrogens with two attached hydrogens (primary N) is 1. The van der Waals surface area contributed by atoms with Crippen LogP contribution < -0.4 is 11.1 Å². The summed E-state index contributed by atoms with van der Waals surface area (Å²) >= 11 is 5.84. The van der Waals surface area contributed by atoms with Gasteiger partial charge in [-0.3, -0.25) is 9.69 Å². The number of nitrogens with zero attached hydrogens (tertiary/aromatic N) is 1. The van der Waals surface area contributed by atoms with Crippen LogP contribution in [-0.2, 0) is 4.79 Å². The third kappa shape index (κ3) is 4.46. The number of benzene rings is 1. The highest BCUT2D eigenvalue weighted by atomic mass is 35.5. The summed E-state index contributed by atoms with van der Waals surface area (Å²) in [5.41, 5.74) is 6.51. The molecule has 0 radical (unpaired) electrons. The Kier molecular flexibility index (Phi) is 5.88. The largest absolute Gasteiger partial charge is 0.326 e. The van der Waals surface area contributed by atoms with Crippen LogP contribution in [0.25, 0.3) is 0 Å². The summed E-state index contributed by atoms with van der Waals surface area (Å²) in [6.45, 7) is 2.08. The van der Waals surface area contributed by atoms with Crippen molar-refractivity contribution in [3.63, 3.8) is 0 Å². The van der Waals surface area contributed by atoms with Gasteiger partial charge in [-0.1, -0.05) is 17.7 Å². The van der Waals surface area contributed by atoms with E-state index in [1.807, 2.05) is 12.1 Å². The molecule has 3 N–H and O–H groups in total. The predicted octanol–water partition coefficient (Wildman–Crippen LogP) is 1.73. The minimum atomic E-state index is -0.0265. The summed E-state index contributed by atoms with van der Waals surface area (Å²) in [5.74, 6) is -0.0265. The first kappa shape index (κ1) is 15.2. The third-order valence-electron chi connectivity index (χ3n) is 2.78. The quantitative estimate of drug-likeness (QED) is 0.891. The van der Waals surface area contributed by atoms with Crippen molar-refractivity contribution < 1.29 is 4.79 Å². The number of halogens is 2. The minimum absolute atomic E-state index is 0. The van der Waals surface area contributed by atoms with E-state index in [4.69, 9.17) is 17.3 Å². The van der Waals surface area contributed by atoms with E-state index in [2.05, 4.69) is 10.2 Å². The fraction of sp³-hybridized carbons (Fsp3) is 0.417. The van der Waals surface area contributed by atoms with E-state index in [-0.39, 0.29) is 24.4 Å². The molecular weight excluding hydrogens is 273 g/mol. The average molecular weight is 290 g/mol. The van der Waals surface area contributed by atoms with Gasteiger partial charge in [0.1, 0.15) is 0 Å². The van der Waals surface area contributed by atoms with Crippen LogP contribution in [0.2, 0.25) is 5.02 Å². The Morgan fingerprint density at radius 3 is 2.94 bits per heavy atom. The van der Waals surface area contributed by atoms with Gasteiger partial charge < -0.3 is 11.1 Å². The Balaban J connectivity index is 0.00000162. The molecule has 1 saturated heterocycles. The van der Waals surface area contributed by atoms with Gasteiger partial charge in [-0.05, 0) is 24.6 Å². The number of carbonyl (C=O) groups is 1. The first-order valence-corrected chi connectivity index (χ1v) is 6.04. The van der Waals surface area contributed by atoms with Crippen LogP contribution in [0.15, 0.2) is 24.3 Å². The summed E-state index contributed by atoms with van der Waals surface area (Å²) < 4.78 is 0. The molecule has 18 heavy (non-hydrogen) atoms. The summed E-state index contributed by atoms with van der Waals surface area (Å²) in [4.78, 5) is 13.8. The van der Waals surface area contributed by atoms with Crippen molar-refractivity contribution in [3.05, 3.63) is 29.3 Å². The van der Waals surface area contributed by atoms with Gasteiger partial charge in [0.2, 0.25) is 5.91 Å². The molecule has 0 aliphatic carbocycles. The number of likely N-dealkylation sites (tertiary alicyclic amines) is 1. The number of rotatable bonds is 3. The lowest BCUT2D eigenvalue weighted by molar-refractivity contribution is -0.117. The van der Waals surface area contributed by atoms with Gasteiger partial charge in [-0.25, -0.2) is 0 Å². The molecule has 1 aliphatic rings. The Labute approximate surface area is 118 Å². The molecule has 0 saturated carbocycles. The molecule has 1 atom stereocenters. The van der Waals surface area contributed by atoms with Gasteiger partial charge in [-0.15, -0.1) is 12.4 Å². The van der Waals surface area contributed by atoms with Crippen LogP contribution in [0.4, 0.5) is 5.69 Å². The maximum Gasteiger partial charge on any atom is 0.238 e. The molecule has 2 rings (SSSR count). The van der Waals surface area contributed by atoms with Gasteiger partial charge >= 0.3 is 0 Å². The fourth-order valence-corrected chi connectivity index (χ4v) is 2.17. The summed E-state index contributed by atoms with van der Waals surface area (Å²) in [6, 6.07) is 7.34. The molecule has 0 unspecified atom stereocenters. The van der Waals surface area contributed by atoms with Crippen LogP contribution in [-0.4, -0.2) is 36.5 Å². The first-order chi connectivity index (χ1) is 8.13.